The Morgan fingerprint density at radius 3 is 3.05 bits per heavy atom. The molecule has 21 heavy (non-hydrogen) atoms. The lowest BCUT2D eigenvalue weighted by Crippen LogP contribution is -2.29. The molecule has 2 rings (SSSR count). The summed E-state index contributed by atoms with van der Waals surface area (Å²) in [4.78, 5) is 0. The average molecular weight is 285 g/mol. The minimum absolute atomic E-state index is 0.290. The van der Waals surface area contributed by atoms with Crippen LogP contribution in [0, 0.1) is 5.41 Å². The summed E-state index contributed by atoms with van der Waals surface area (Å²) >= 11 is 0. The molecule has 2 heteroatoms. The van der Waals surface area contributed by atoms with Gasteiger partial charge < -0.3 is 10.1 Å². The van der Waals surface area contributed by atoms with Crippen molar-refractivity contribution < 1.29 is 4.74 Å². The number of hydrogen-bond donors (Lipinski definition) is 1. The van der Waals surface area contributed by atoms with Gasteiger partial charge in [-0.1, -0.05) is 30.4 Å². The van der Waals surface area contributed by atoms with Crippen molar-refractivity contribution in [3.05, 3.63) is 54.6 Å². The molecule has 0 radical (unpaired) electrons. The fourth-order valence-corrected chi connectivity index (χ4v) is 3.16. The van der Waals surface area contributed by atoms with Gasteiger partial charge in [-0.3, -0.25) is 0 Å². The molecule has 114 valence electrons. The third-order valence-electron chi connectivity index (χ3n) is 4.30. The van der Waals surface area contributed by atoms with Crippen LogP contribution in [0.2, 0.25) is 0 Å². The van der Waals surface area contributed by atoms with Crippen molar-refractivity contribution in [2.45, 2.75) is 32.1 Å². The monoisotopic (exact) mass is 285 g/mol. The van der Waals surface area contributed by atoms with Gasteiger partial charge in [-0.2, -0.15) is 0 Å². The quantitative estimate of drug-likeness (QED) is 0.573. The molecular formula is C19H27NO. The van der Waals surface area contributed by atoms with Crippen molar-refractivity contribution in [2.75, 3.05) is 20.2 Å². The van der Waals surface area contributed by atoms with E-state index in [1.807, 2.05) is 12.1 Å². The van der Waals surface area contributed by atoms with Gasteiger partial charge in [-0.05, 0) is 61.8 Å². The lowest BCUT2D eigenvalue weighted by atomic mass is 9.72. The van der Waals surface area contributed by atoms with E-state index in [-0.39, 0.29) is 0 Å². The number of methoxy groups -OCH3 is 1. The third kappa shape index (κ3) is 4.75. The highest BCUT2D eigenvalue weighted by atomic mass is 16.5. The molecule has 0 saturated heterocycles. The van der Waals surface area contributed by atoms with E-state index in [4.69, 9.17) is 4.74 Å². The van der Waals surface area contributed by atoms with E-state index in [1.165, 1.54) is 31.2 Å². The van der Waals surface area contributed by atoms with Crippen LogP contribution in [0.25, 0.3) is 0 Å². The van der Waals surface area contributed by atoms with Crippen molar-refractivity contribution >= 4 is 0 Å². The lowest BCUT2D eigenvalue weighted by Gasteiger charge is -2.34. The molecule has 1 aliphatic rings. The maximum absolute atomic E-state index is 5.35. The van der Waals surface area contributed by atoms with Gasteiger partial charge in [0.15, 0.2) is 0 Å². The SMILES string of the molecule is C=CCNCCC1(Cc2cccc(OC)c2)C=CCCC1. The first-order chi connectivity index (χ1) is 10.3. The topological polar surface area (TPSA) is 21.3 Å². The van der Waals surface area contributed by atoms with Gasteiger partial charge in [-0.15, -0.1) is 6.58 Å². The average Bonchev–Trinajstić information content (AvgIpc) is 2.53. The number of ether oxygens (including phenoxy) is 1. The Kier molecular flexibility index (Phi) is 6.06. The molecule has 0 saturated carbocycles. The van der Waals surface area contributed by atoms with Gasteiger partial charge in [0.05, 0.1) is 7.11 Å². The highest BCUT2D eigenvalue weighted by Gasteiger charge is 2.28. The number of rotatable bonds is 8. The number of hydrogen-bond acceptors (Lipinski definition) is 2. The fraction of sp³-hybridized carbons (Fsp3) is 0.474. The molecule has 0 bridgehead atoms. The van der Waals surface area contributed by atoms with Gasteiger partial charge in [0.25, 0.3) is 0 Å². The van der Waals surface area contributed by atoms with Crippen LogP contribution in [-0.2, 0) is 6.42 Å². The van der Waals surface area contributed by atoms with Crippen molar-refractivity contribution in [1.29, 1.82) is 0 Å². The summed E-state index contributed by atoms with van der Waals surface area (Å²) in [6, 6.07) is 8.48. The number of allylic oxidation sites excluding steroid dienone is 2. The highest BCUT2D eigenvalue weighted by molar-refractivity contribution is 5.30. The minimum atomic E-state index is 0.290. The van der Waals surface area contributed by atoms with Crippen molar-refractivity contribution in [3.8, 4) is 5.75 Å². The summed E-state index contributed by atoms with van der Waals surface area (Å²) < 4.78 is 5.35. The molecule has 0 heterocycles. The Balaban J connectivity index is 2.06. The molecular weight excluding hydrogens is 258 g/mol. The lowest BCUT2D eigenvalue weighted by molar-refractivity contribution is 0.296. The molecule has 1 aromatic carbocycles. The van der Waals surface area contributed by atoms with E-state index < -0.39 is 0 Å². The molecule has 1 N–H and O–H groups in total. The van der Waals surface area contributed by atoms with Crippen LogP contribution in [0.1, 0.15) is 31.2 Å². The summed E-state index contributed by atoms with van der Waals surface area (Å²) in [6.07, 6.45) is 12.8. The fourth-order valence-electron chi connectivity index (χ4n) is 3.16. The number of benzene rings is 1. The Bertz CT molecular complexity index is 480. The van der Waals surface area contributed by atoms with Crippen LogP contribution in [0.3, 0.4) is 0 Å². The molecule has 0 aromatic heterocycles. The Morgan fingerprint density at radius 1 is 1.43 bits per heavy atom. The molecule has 1 aliphatic carbocycles. The molecule has 1 atom stereocenters. The molecule has 0 aliphatic heterocycles. The second-order valence-corrected chi connectivity index (χ2v) is 5.93. The van der Waals surface area contributed by atoms with E-state index >= 15 is 0 Å². The standard InChI is InChI=1S/C19H27NO/c1-3-13-20-14-12-19(10-5-4-6-11-19)16-17-8-7-9-18(15-17)21-2/h3,5,7-10,15,20H,1,4,6,11-14,16H2,2H3. The zero-order chi connectivity index (χ0) is 15.0. The largest absolute Gasteiger partial charge is 0.497 e. The van der Waals surface area contributed by atoms with Crippen molar-refractivity contribution in [1.82, 2.24) is 5.32 Å². The molecule has 0 fully saturated rings. The van der Waals surface area contributed by atoms with Crippen LogP contribution < -0.4 is 10.1 Å². The molecule has 2 nitrogen and oxygen atoms in total. The number of nitrogens with one attached hydrogen (secondary N) is 1. The maximum Gasteiger partial charge on any atom is 0.119 e. The summed E-state index contributed by atoms with van der Waals surface area (Å²) in [5.41, 5.74) is 1.66. The Morgan fingerprint density at radius 2 is 2.33 bits per heavy atom. The normalized spacial score (nSPS) is 21.2. The van der Waals surface area contributed by atoms with Crippen molar-refractivity contribution in [3.63, 3.8) is 0 Å². The predicted molar refractivity (Wildman–Crippen MR) is 89.8 cm³/mol. The zero-order valence-corrected chi connectivity index (χ0v) is 13.1. The van der Waals surface area contributed by atoms with Gasteiger partial charge in [-0.25, -0.2) is 0 Å². The first-order valence-corrected chi connectivity index (χ1v) is 7.90. The van der Waals surface area contributed by atoms with E-state index in [2.05, 4.69) is 42.2 Å². The van der Waals surface area contributed by atoms with E-state index in [9.17, 15) is 0 Å². The van der Waals surface area contributed by atoms with E-state index in [0.29, 0.717) is 5.41 Å². The van der Waals surface area contributed by atoms with Crippen LogP contribution in [0.4, 0.5) is 0 Å². The highest BCUT2D eigenvalue weighted by Crippen LogP contribution is 2.38. The van der Waals surface area contributed by atoms with Gasteiger partial charge >= 0.3 is 0 Å². The minimum Gasteiger partial charge on any atom is -0.497 e. The van der Waals surface area contributed by atoms with Gasteiger partial charge in [0.1, 0.15) is 5.75 Å². The van der Waals surface area contributed by atoms with Gasteiger partial charge in [0.2, 0.25) is 0 Å². The Labute approximate surface area is 128 Å². The molecule has 0 amide bonds. The summed E-state index contributed by atoms with van der Waals surface area (Å²) in [6.45, 7) is 5.69. The summed E-state index contributed by atoms with van der Waals surface area (Å²) in [5.74, 6) is 0.951. The van der Waals surface area contributed by atoms with Gasteiger partial charge in [0, 0.05) is 6.54 Å². The first kappa shape index (κ1) is 15.8. The van der Waals surface area contributed by atoms with Crippen LogP contribution in [0.15, 0.2) is 49.1 Å². The van der Waals surface area contributed by atoms with E-state index in [0.717, 1.165) is 25.3 Å². The summed E-state index contributed by atoms with van der Waals surface area (Å²) in [7, 11) is 1.73. The summed E-state index contributed by atoms with van der Waals surface area (Å²) in [5, 5.41) is 3.44. The maximum atomic E-state index is 5.35. The molecule has 1 aromatic rings. The van der Waals surface area contributed by atoms with Crippen LogP contribution >= 0.6 is 0 Å². The van der Waals surface area contributed by atoms with Crippen molar-refractivity contribution in [2.24, 2.45) is 5.41 Å². The molecule has 0 spiro atoms. The Hall–Kier alpha value is -1.54. The van der Waals surface area contributed by atoms with Crippen LogP contribution in [0.5, 0.6) is 5.75 Å². The second-order valence-electron chi connectivity index (χ2n) is 5.93. The smallest absolute Gasteiger partial charge is 0.119 e. The predicted octanol–water partition coefficient (Wildman–Crippen LogP) is 4.13. The molecule has 1 unspecified atom stereocenters. The van der Waals surface area contributed by atoms with E-state index in [1.54, 1.807) is 7.11 Å². The first-order valence-electron chi connectivity index (χ1n) is 7.90. The zero-order valence-electron chi connectivity index (χ0n) is 13.1. The third-order valence-corrected chi connectivity index (χ3v) is 4.30. The van der Waals surface area contributed by atoms with Crippen LogP contribution in [-0.4, -0.2) is 20.2 Å². The second kappa shape index (κ2) is 8.04.